The first-order valence-electron chi connectivity index (χ1n) is 32.4. The van der Waals surface area contributed by atoms with Crippen LogP contribution in [0, 0.1) is 0 Å². The summed E-state index contributed by atoms with van der Waals surface area (Å²) in [5.41, 5.74) is 0. The molecule has 0 N–H and O–H groups in total. The fourth-order valence-corrected chi connectivity index (χ4v) is 8.87. The van der Waals surface area contributed by atoms with Gasteiger partial charge < -0.3 is 33.3 Å². The van der Waals surface area contributed by atoms with E-state index in [9.17, 15) is 19.5 Å². The number of aliphatic carboxylic acids is 1. The third-order valence-corrected chi connectivity index (χ3v) is 13.8. The van der Waals surface area contributed by atoms with Crippen LogP contribution >= 0.6 is 0 Å². The third kappa shape index (κ3) is 61.7. The summed E-state index contributed by atoms with van der Waals surface area (Å²) in [6, 6.07) is 0. The topological polar surface area (TPSA) is 111 Å². The summed E-state index contributed by atoms with van der Waals surface area (Å²) < 4.78 is 22.7. The van der Waals surface area contributed by atoms with Gasteiger partial charge in [0.25, 0.3) is 0 Å². The van der Waals surface area contributed by atoms with Crippen LogP contribution in [0.2, 0.25) is 0 Å². The van der Waals surface area contributed by atoms with Gasteiger partial charge in [0.05, 0.1) is 40.3 Å². The SMILES string of the molecule is CC/C=C\C/C=C\C/C=C\C/C=C\C/C=C\C/C=C\C/C=C\CCCCCC(=O)OC(COC(=O)CCCCCCCCCCCCCCCCCCC/C=C\CCCCCCCCCC)COC(OCC[N+](C)(C)C)C(=O)[O-]. The smallest absolute Gasteiger partial charge is 0.306 e. The minimum absolute atomic E-state index is 0.137. The number of likely N-dealkylation sites (N-methyl/N-ethyl adjacent to an activating group) is 1. The van der Waals surface area contributed by atoms with Crippen molar-refractivity contribution in [1.82, 2.24) is 0 Å². The van der Waals surface area contributed by atoms with E-state index in [4.69, 9.17) is 18.9 Å². The summed E-state index contributed by atoms with van der Waals surface area (Å²) >= 11 is 0. The third-order valence-electron chi connectivity index (χ3n) is 13.8. The van der Waals surface area contributed by atoms with E-state index >= 15 is 0 Å². The standard InChI is InChI=1S/C70H121NO8/c1-6-8-10-12-14-16-18-20-22-24-26-28-30-32-33-34-35-37-38-40-42-44-46-48-50-52-54-56-58-60-67(72)77-64-66(65-78-70(69(74)75)76-63-62-71(3,4)5)79-68(73)61-59-57-55-53-51-49-47-45-43-41-39-36-31-29-27-25-23-21-19-17-15-13-11-9-7-2/h9,11,15,17,21,23-24,26-27,29,36,39,43,45,49,51,66,70H,6-8,10,12-14,16,18-20,22,25,28,30-35,37-38,40-42,44,46-48,50,52-65H2,1-5H3/b11-9-,17-15-,23-21-,26-24-,29-27-,39-36-,45-43-,51-49-. The molecule has 2 unspecified atom stereocenters. The minimum Gasteiger partial charge on any atom is -0.545 e. The van der Waals surface area contributed by atoms with Gasteiger partial charge in [-0.2, -0.15) is 0 Å². The van der Waals surface area contributed by atoms with Gasteiger partial charge in [-0.05, 0) is 96.3 Å². The molecule has 0 aliphatic heterocycles. The molecule has 0 rings (SSSR count). The molecule has 0 amide bonds. The molecular weight excluding hydrogens is 983 g/mol. The van der Waals surface area contributed by atoms with Crippen LogP contribution in [0.3, 0.4) is 0 Å². The van der Waals surface area contributed by atoms with Crippen LogP contribution in [0.5, 0.6) is 0 Å². The lowest BCUT2D eigenvalue weighted by molar-refractivity contribution is -0.870. The Labute approximate surface area is 486 Å². The highest BCUT2D eigenvalue weighted by atomic mass is 16.7. The zero-order valence-electron chi connectivity index (χ0n) is 51.7. The number of carbonyl (C=O) groups is 3. The van der Waals surface area contributed by atoms with Crippen LogP contribution in [0.25, 0.3) is 0 Å². The Morgan fingerprint density at radius 3 is 1.10 bits per heavy atom. The zero-order valence-corrected chi connectivity index (χ0v) is 51.7. The number of unbranched alkanes of at least 4 members (excludes halogenated alkanes) is 28. The van der Waals surface area contributed by atoms with Crippen LogP contribution in [0.4, 0.5) is 0 Å². The second-order valence-corrected chi connectivity index (χ2v) is 22.7. The molecule has 9 heteroatoms. The Hall–Kier alpha value is -3.79. The van der Waals surface area contributed by atoms with E-state index in [-0.39, 0.29) is 38.6 Å². The predicted molar refractivity (Wildman–Crippen MR) is 334 cm³/mol. The summed E-state index contributed by atoms with van der Waals surface area (Å²) in [5, 5.41) is 11.8. The summed E-state index contributed by atoms with van der Waals surface area (Å²) in [6.07, 6.45) is 79.1. The Morgan fingerprint density at radius 1 is 0.392 bits per heavy atom. The van der Waals surface area contributed by atoms with E-state index in [2.05, 4.69) is 111 Å². The molecule has 0 heterocycles. The van der Waals surface area contributed by atoms with Gasteiger partial charge in [-0.15, -0.1) is 0 Å². The summed E-state index contributed by atoms with van der Waals surface area (Å²) in [4.78, 5) is 37.4. The average molecular weight is 1100 g/mol. The molecule has 0 aliphatic rings. The molecule has 0 fully saturated rings. The van der Waals surface area contributed by atoms with E-state index in [1.807, 2.05) is 21.1 Å². The van der Waals surface area contributed by atoms with Crippen molar-refractivity contribution in [2.75, 3.05) is 47.5 Å². The number of carboxylic acids is 1. The van der Waals surface area contributed by atoms with Gasteiger partial charge >= 0.3 is 11.9 Å². The molecular formula is C70H121NO8. The molecule has 0 aromatic rings. The maximum atomic E-state index is 12.9. The van der Waals surface area contributed by atoms with E-state index in [0.29, 0.717) is 17.4 Å². The number of esters is 2. The van der Waals surface area contributed by atoms with Crippen molar-refractivity contribution in [3.63, 3.8) is 0 Å². The molecule has 0 radical (unpaired) electrons. The second kappa shape index (κ2) is 60.3. The molecule has 0 aliphatic carbocycles. The van der Waals surface area contributed by atoms with Gasteiger partial charge in [0.15, 0.2) is 12.4 Å². The molecule has 79 heavy (non-hydrogen) atoms. The molecule has 454 valence electrons. The molecule has 0 bridgehead atoms. The second-order valence-electron chi connectivity index (χ2n) is 22.7. The van der Waals surface area contributed by atoms with Crippen molar-refractivity contribution < 1.29 is 42.9 Å². The van der Waals surface area contributed by atoms with Gasteiger partial charge in [0.1, 0.15) is 13.2 Å². The Balaban J connectivity index is 4.23. The lowest BCUT2D eigenvalue weighted by Gasteiger charge is -2.26. The van der Waals surface area contributed by atoms with Crippen molar-refractivity contribution in [3.8, 4) is 0 Å². The highest BCUT2D eigenvalue weighted by Gasteiger charge is 2.22. The molecule has 0 spiro atoms. The van der Waals surface area contributed by atoms with Crippen LogP contribution in [0.15, 0.2) is 97.2 Å². The molecule has 0 saturated carbocycles. The van der Waals surface area contributed by atoms with Crippen LogP contribution in [-0.2, 0) is 33.3 Å². The summed E-state index contributed by atoms with van der Waals surface area (Å²) in [6.45, 7) is 4.61. The van der Waals surface area contributed by atoms with Crippen LogP contribution in [-0.4, -0.2) is 82.3 Å². The number of quaternary nitrogens is 1. The Kier molecular flexibility index (Phi) is 57.4. The fraction of sp³-hybridized carbons (Fsp3) is 0.729. The molecule has 9 nitrogen and oxygen atoms in total. The van der Waals surface area contributed by atoms with Crippen LogP contribution < -0.4 is 5.11 Å². The van der Waals surface area contributed by atoms with Crippen molar-refractivity contribution in [1.29, 1.82) is 0 Å². The number of nitrogens with zero attached hydrogens (tertiary/aromatic N) is 1. The maximum Gasteiger partial charge on any atom is 0.306 e. The number of allylic oxidation sites excluding steroid dienone is 16. The van der Waals surface area contributed by atoms with Crippen molar-refractivity contribution >= 4 is 17.9 Å². The maximum absolute atomic E-state index is 12.9. The number of hydrogen-bond donors (Lipinski definition) is 0. The van der Waals surface area contributed by atoms with Gasteiger partial charge in [-0.1, -0.05) is 259 Å². The number of rotatable bonds is 59. The van der Waals surface area contributed by atoms with Gasteiger partial charge in [-0.25, -0.2) is 0 Å². The molecule has 0 saturated heterocycles. The van der Waals surface area contributed by atoms with E-state index in [1.165, 1.54) is 154 Å². The van der Waals surface area contributed by atoms with Crippen molar-refractivity contribution in [3.05, 3.63) is 97.2 Å². The Bertz CT molecular complexity index is 1620. The van der Waals surface area contributed by atoms with Gasteiger partial charge in [0.2, 0.25) is 0 Å². The van der Waals surface area contributed by atoms with E-state index in [0.717, 1.165) is 83.5 Å². The Morgan fingerprint density at radius 2 is 0.722 bits per heavy atom. The normalized spacial score (nSPS) is 13.4. The highest BCUT2D eigenvalue weighted by molar-refractivity contribution is 5.70. The first-order chi connectivity index (χ1) is 38.6. The van der Waals surface area contributed by atoms with E-state index in [1.54, 1.807) is 0 Å². The zero-order chi connectivity index (χ0) is 57.6. The molecule has 0 aromatic heterocycles. The lowest BCUT2D eigenvalue weighted by atomic mass is 10.0. The van der Waals surface area contributed by atoms with E-state index < -0.39 is 24.3 Å². The van der Waals surface area contributed by atoms with Crippen molar-refractivity contribution in [2.24, 2.45) is 0 Å². The van der Waals surface area contributed by atoms with Gasteiger partial charge in [0, 0.05) is 12.8 Å². The van der Waals surface area contributed by atoms with Crippen LogP contribution in [0.1, 0.15) is 271 Å². The first-order valence-corrected chi connectivity index (χ1v) is 32.4. The largest absolute Gasteiger partial charge is 0.545 e. The van der Waals surface area contributed by atoms with Gasteiger partial charge in [-0.3, -0.25) is 9.59 Å². The minimum atomic E-state index is -1.64. The summed E-state index contributed by atoms with van der Waals surface area (Å²) in [5.74, 6) is -2.33. The number of hydrogen-bond acceptors (Lipinski definition) is 8. The average Bonchev–Trinajstić information content (AvgIpc) is 3.42. The molecule has 2 atom stereocenters. The first kappa shape index (κ1) is 75.2. The number of carboxylic acid groups (broad SMARTS) is 1. The quantitative estimate of drug-likeness (QED) is 0.0195. The fourth-order valence-electron chi connectivity index (χ4n) is 8.87. The number of carbonyl (C=O) groups excluding carboxylic acids is 3. The van der Waals surface area contributed by atoms with Crippen molar-refractivity contribution in [2.45, 2.75) is 283 Å². The molecule has 0 aromatic carbocycles. The summed E-state index contributed by atoms with van der Waals surface area (Å²) in [7, 11) is 5.91. The number of ether oxygens (including phenoxy) is 4. The lowest BCUT2D eigenvalue weighted by Crippen LogP contribution is -2.44. The monoisotopic (exact) mass is 1100 g/mol. The predicted octanol–water partition coefficient (Wildman–Crippen LogP) is 18.4. The highest BCUT2D eigenvalue weighted by Crippen LogP contribution is 2.16.